The van der Waals surface area contributed by atoms with E-state index in [1.54, 1.807) is 19.2 Å². The molecule has 1 atom stereocenters. The van der Waals surface area contributed by atoms with Crippen LogP contribution in [0, 0.1) is 0 Å². The van der Waals surface area contributed by atoms with Gasteiger partial charge in [-0.05, 0) is 30.5 Å². The van der Waals surface area contributed by atoms with Crippen LogP contribution in [0.5, 0.6) is 0 Å². The highest BCUT2D eigenvalue weighted by Gasteiger charge is 2.21. The van der Waals surface area contributed by atoms with Gasteiger partial charge in [-0.3, -0.25) is 9.59 Å². The minimum Gasteiger partial charge on any atom is -0.385 e. The fraction of sp³-hybridized carbons (Fsp3) is 0.429. The highest BCUT2D eigenvalue weighted by Crippen LogP contribution is 2.32. The van der Waals surface area contributed by atoms with Gasteiger partial charge in [0, 0.05) is 19.4 Å². The maximum absolute atomic E-state index is 12.0. The van der Waals surface area contributed by atoms with Gasteiger partial charge in [0.2, 0.25) is 11.8 Å². The van der Waals surface area contributed by atoms with Crippen molar-refractivity contribution in [1.29, 1.82) is 0 Å². The second-order valence-corrected chi connectivity index (χ2v) is 5.35. The van der Waals surface area contributed by atoms with Gasteiger partial charge in [-0.15, -0.1) is 0 Å². The molecule has 2 amide bonds. The minimum absolute atomic E-state index is 0.0826. The number of hydrogen-bond donors (Lipinski definition) is 3. The Bertz CT molecular complexity index is 563. The lowest BCUT2D eigenvalue weighted by atomic mass is 10.1. The Morgan fingerprint density at radius 2 is 2.33 bits per heavy atom. The Labute approximate surface area is 128 Å². The fourth-order valence-electron chi connectivity index (χ4n) is 2.15. The highest BCUT2D eigenvalue weighted by atomic mass is 35.5. The summed E-state index contributed by atoms with van der Waals surface area (Å²) in [5.74, 6) is -0.383. The Balaban J connectivity index is 2.01. The first-order valence-corrected chi connectivity index (χ1v) is 7.06. The summed E-state index contributed by atoms with van der Waals surface area (Å²) in [6.45, 7) is 0.564. The van der Waals surface area contributed by atoms with Crippen molar-refractivity contribution < 1.29 is 14.3 Å². The van der Waals surface area contributed by atoms with Gasteiger partial charge < -0.3 is 21.1 Å². The minimum atomic E-state index is -0.621. The number of halogens is 1. The number of carbonyl (C=O) groups is 2. The van der Waals surface area contributed by atoms with E-state index in [1.165, 1.54) is 0 Å². The number of hydrogen-bond acceptors (Lipinski definition) is 4. The third kappa shape index (κ3) is 3.93. The van der Waals surface area contributed by atoms with Gasteiger partial charge in [0.25, 0.3) is 0 Å². The summed E-state index contributed by atoms with van der Waals surface area (Å²) in [4.78, 5) is 23.3. The zero-order valence-corrected chi connectivity index (χ0v) is 12.5. The third-order valence-electron chi connectivity index (χ3n) is 3.28. The number of amides is 2. The molecule has 0 bridgehead atoms. The Kier molecular flexibility index (Phi) is 5.17. The molecule has 7 heteroatoms. The second kappa shape index (κ2) is 6.89. The van der Waals surface area contributed by atoms with E-state index in [-0.39, 0.29) is 18.2 Å². The molecule has 0 radical (unpaired) electrons. The van der Waals surface area contributed by atoms with E-state index in [9.17, 15) is 9.59 Å². The smallest absolute Gasteiger partial charge is 0.241 e. The number of nitrogens with one attached hydrogen (secondary N) is 2. The molecule has 1 aromatic carbocycles. The second-order valence-electron chi connectivity index (χ2n) is 4.94. The molecule has 0 aromatic heterocycles. The third-order valence-corrected chi connectivity index (χ3v) is 3.59. The first-order chi connectivity index (χ1) is 10.0. The predicted molar refractivity (Wildman–Crippen MR) is 81.5 cm³/mol. The average molecular weight is 312 g/mol. The van der Waals surface area contributed by atoms with E-state index in [0.717, 1.165) is 5.56 Å². The number of ether oxygens (including phenoxy) is 1. The molecule has 1 aromatic rings. The van der Waals surface area contributed by atoms with E-state index >= 15 is 0 Å². The number of rotatable bonds is 6. The molecule has 1 heterocycles. The van der Waals surface area contributed by atoms with Crippen LogP contribution in [0.15, 0.2) is 12.1 Å². The van der Waals surface area contributed by atoms with E-state index in [4.69, 9.17) is 22.1 Å². The molecule has 0 fully saturated rings. The summed E-state index contributed by atoms with van der Waals surface area (Å²) in [5.41, 5.74) is 7.79. The van der Waals surface area contributed by atoms with Crippen LogP contribution >= 0.6 is 11.6 Å². The van der Waals surface area contributed by atoms with E-state index in [1.807, 2.05) is 0 Å². The zero-order chi connectivity index (χ0) is 15.4. The van der Waals surface area contributed by atoms with E-state index in [0.29, 0.717) is 35.8 Å². The maximum atomic E-state index is 12.0. The number of carbonyl (C=O) groups excluding carboxylic acids is 2. The standard InChI is InChI=1S/C14H18ClN3O3/c1-21-4-2-3-10(16)14(20)18-12-5-8-6-13(19)17-11(8)7-9(12)15/h5,7,10H,2-4,6,16H2,1H3,(H,17,19)(H,18,20). The molecule has 0 saturated heterocycles. The number of fused-ring (bicyclic) bond motifs is 1. The molecule has 1 unspecified atom stereocenters. The van der Waals surface area contributed by atoms with Crippen molar-refractivity contribution in [2.24, 2.45) is 5.73 Å². The molecule has 0 saturated carbocycles. The molecule has 2 rings (SSSR count). The molecule has 114 valence electrons. The number of benzene rings is 1. The van der Waals surface area contributed by atoms with Crippen molar-refractivity contribution in [3.8, 4) is 0 Å². The van der Waals surface area contributed by atoms with E-state index in [2.05, 4.69) is 10.6 Å². The van der Waals surface area contributed by atoms with Crippen LogP contribution in [0.3, 0.4) is 0 Å². The highest BCUT2D eigenvalue weighted by molar-refractivity contribution is 6.34. The van der Waals surface area contributed by atoms with Crippen molar-refractivity contribution in [3.63, 3.8) is 0 Å². The van der Waals surface area contributed by atoms with Crippen LogP contribution in [0.1, 0.15) is 18.4 Å². The van der Waals surface area contributed by atoms with Crippen molar-refractivity contribution in [2.45, 2.75) is 25.3 Å². The molecule has 6 nitrogen and oxygen atoms in total. The molecular weight excluding hydrogens is 294 g/mol. The lowest BCUT2D eigenvalue weighted by Crippen LogP contribution is -2.35. The molecule has 1 aliphatic rings. The van der Waals surface area contributed by atoms with Gasteiger partial charge in [-0.25, -0.2) is 0 Å². The first-order valence-electron chi connectivity index (χ1n) is 6.69. The molecule has 0 spiro atoms. The van der Waals surface area contributed by atoms with E-state index < -0.39 is 6.04 Å². The van der Waals surface area contributed by atoms with Crippen LogP contribution in [-0.4, -0.2) is 31.6 Å². The van der Waals surface area contributed by atoms with Gasteiger partial charge in [0.05, 0.1) is 23.2 Å². The lowest BCUT2D eigenvalue weighted by Gasteiger charge is -2.14. The van der Waals surface area contributed by atoms with Crippen LogP contribution < -0.4 is 16.4 Å². The van der Waals surface area contributed by atoms with Crippen molar-refractivity contribution in [1.82, 2.24) is 0 Å². The van der Waals surface area contributed by atoms with Gasteiger partial charge in [0.15, 0.2) is 0 Å². The monoisotopic (exact) mass is 311 g/mol. The van der Waals surface area contributed by atoms with Crippen molar-refractivity contribution >= 4 is 34.8 Å². The van der Waals surface area contributed by atoms with Gasteiger partial charge >= 0.3 is 0 Å². The average Bonchev–Trinajstić information content (AvgIpc) is 2.78. The van der Waals surface area contributed by atoms with Gasteiger partial charge in [0.1, 0.15) is 0 Å². The summed E-state index contributed by atoms with van der Waals surface area (Å²) < 4.78 is 4.92. The summed E-state index contributed by atoms with van der Waals surface area (Å²) in [6.07, 6.45) is 1.53. The molecule has 0 aliphatic carbocycles. The Morgan fingerprint density at radius 3 is 3.05 bits per heavy atom. The van der Waals surface area contributed by atoms with Crippen LogP contribution in [0.2, 0.25) is 5.02 Å². The van der Waals surface area contributed by atoms with Crippen LogP contribution in [0.25, 0.3) is 0 Å². The largest absolute Gasteiger partial charge is 0.385 e. The Morgan fingerprint density at radius 1 is 1.57 bits per heavy atom. The maximum Gasteiger partial charge on any atom is 0.241 e. The predicted octanol–water partition coefficient (Wildman–Crippen LogP) is 1.53. The molecule has 21 heavy (non-hydrogen) atoms. The van der Waals surface area contributed by atoms with Crippen molar-refractivity contribution in [2.75, 3.05) is 24.4 Å². The zero-order valence-electron chi connectivity index (χ0n) is 11.7. The topological polar surface area (TPSA) is 93.4 Å². The molecular formula is C14H18ClN3O3. The summed E-state index contributed by atoms with van der Waals surface area (Å²) in [5, 5.41) is 5.78. The van der Waals surface area contributed by atoms with Gasteiger partial charge in [-0.1, -0.05) is 11.6 Å². The molecule has 1 aliphatic heterocycles. The normalized spacial score (nSPS) is 14.5. The summed E-state index contributed by atoms with van der Waals surface area (Å²) in [7, 11) is 1.60. The van der Waals surface area contributed by atoms with Crippen molar-refractivity contribution in [3.05, 3.63) is 22.7 Å². The number of anilines is 2. The number of methoxy groups -OCH3 is 1. The quantitative estimate of drug-likeness (QED) is 0.694. The van der Waals surface area contributed by atoms with Crippen LogP contribution in [0.4, 0.5) is 11.4 Å². The lowest BCUT2D eigenvalue weighted by molar-refractivity contribution is -0.117. The summed E-state index contributed by atoms with van der Waals surface area (Å²) >= 11 is 6.10. The fourth-order valence-corrected chi connectivity index (χ4v) is 2.36. The SMILES string of the molecule is COCCCC(N)C(=O)Nc1cc2c(cc1Cl)NC(=O)C2. The van der Waals surface area contributed by atoms with Crippen LogP contribution in [-0.2, 0) is 20.7 Å². The first kappa shape index (κ1) is 15.8. The molecule has 4 N–H and O–H groups in total. The summed E-state index contributed by atoms with van der Waals surface area (Å²) in [6, 6.07) is 2.72. The number of nitrogens with two attached hydrogens (primary N) is 1. The van der Waals surface area contributed by atoms with Gasteiger partial charge in [-0.2, -0.15) is 0 Å². The Hall–Kier alpha value is -1.63.